The highest BCUT2D eigenvalue weighted by Crippen LogP contribution is 2.58. The highest BCUT2D eigenvalue weighted by molar-refractivity contribution is 5.96. The molecule has 0 aliphatic heterocycles. The molecule has 4 aliphatic carbocycles. The van der Waals surface area contributed by atoms with Gasteiger partial charge in [-0.1, -0.05) is 5.57 Å². The van der Waals surface area contributed by atoms with Gasteiger partial charge in [0.05, 0.1) is 5.71 Å². The summed E-state index contributed by atoms with van der Waals surface area (Å²) in [5.41, 5.74) is 25.4. The number of nitrogens with two attached hydrogens (primary N) is 4. The van der Waals surface area contributed by atoms with E-state index in [9.17, 15) is 0 Å². The van der Waals surface area contributed by atoms with Crippen LogP contribution in [0.25, 0.3) is 0 Å². The molecule has 8 heteroatoms. The lowest BCUT2D eigenvalue weighted by molar-refractivity contribution is 0.0463. The van der Waals surface area contributed by atoms with E-state index in [0.29, 0.717) is 11.8 Å². The third kappa shape index (κ3) is 4.02. The van der Waals surface area contributed by atoms with Gasteiger partial charge in [0.2, 0.25) is 11.9 Å². The van der Waals surface area contributed by atoms with E-state index in [1.807, 2.05) is 0 Å². The molecule has 3 saturated carbocycles. The molecule has 6 unspecified atom stereocenters. The lowest BCUT2D eigenvalue weighted by Gasteiger charge is -2.49. The Morgan fingerprint density at radius 3 is 2.21 bits per heavy atom. The number of hydrogen-bond acceptors (Lipinski definition) is 4. The second-order valence-electron chi connectivity index (χ2n) is 9.20. The van der Waals surface area contributed by atoms with Crippen LogP contribution >= 0.6 is 0 Å². The molecule has 0 aromatic carbocycles. The second-order valence-corrected chi connectivity index (χ2v) is 9.20. The summed E-state index contributed by atoms with van der Waals surface area (Å²) in [4.78, 5) is 0. The molecule has 0 aromatic rings. The van der Waals surface area contributed by atoms with Crippen molar-refractivity contribution in [3.8, 4) is 0 Å². The van der Waals surface area contributed by atoms with Gasteiger partial charge in [-0.3, -0.25) is 0 Å². The smallest absolute Gasteiger partial charge is 0.211 e. The Morgan fingerprint density at radius 2 is 1.45 bits per heavy atom. The zero-order valence-corrected chi connectivity index (χ0v) is 17.3. The quantitative estimate of drug-likeness (QED) is 0.326. The lowest BCUT2D eigenvalue weighted by atomic mass is 9.55. The Hall–Kier alpha value is -2.38. The van der Waals surface area contributed by atoms with Crippen LogP contribution in [0.1, 0.15) is 58.3 Å². The monoisotopic (exact) mass is 398 g/mol. The summed E-state index contributed by atoms with van der Waals surface area (Å²) in [6, 6.07) is 0. The molecule has 8 nitrogen and oxygen atoms in total. The standard InChI is InChI=1S/C21H34N8/c1-11(26-28-20(22)23)14-6-7-19-16(14)8-9-17-15-5-3-13(27-29-21(24)25)10-12(15)2-4-18(17)19/h10,14-19H,2-9H2,1H3,(H4,22,23,28)(H4,24,25,29)/b26-11+,27-13-. The van der Waals surface area contributed by atoms with Crippen molar-refractivity contribution in [3.05, 3.63) is 11.6 Å². The minimum atomic E-state index is 0.0227. The van der Waals surface area contributed by atoms with Crippen LogP contribution in [-0.2, 0) is 0 Å². The zero-order chi connectivity index (χ0) is 20.5. The largest absolute Gasteiger partial charge is 0.369 e. The van der Waals surface area contributed by atoms with E-state index in [1.165, 1.54) is 44.9 Å². The summed E-state index contributed by atoms with van der Waals surface area (Å²) in [5.74, 6) is 4.52. The first-order valence-corrected chi connectivity index (χ1v) is 10.9. The number of rotatable bonds is 3. The summed E-state index contributed by atoms with van der Waals surface area (Å²) in [6.45, 7) is 2.09. The molecule has 158 valence electrons. The number of fused-ring (bicyclic) bond motifs is 5. The molecule has 0 saturated heterocycles. The van der Waals surface area contributed by atoms with Gasteiger partial charge in [0.15, 0.2) is 0 Å². The molecule has 29 heavy (non-hydrogen) atoms. The number of hydrogen-bond donors (Lipinski definition) is 4. The van der Waals surface area contributed by atoms with Crippen molar-refractivity contribution in [3.63, 3.8) is 0 Å². The van der Waals surface area contributed by atoms with Crippen LogP contribution in [0.2, 0.25) is 0 Å². The molecule has 6 atom stereocenters. The van der Waals surface area contributed by atoms with Gasteiger partial charge in [0.25, 0.3) is 0 Å². The molecular weight excluding hydrogens is 364 g/mol. The average Bonchev–Trinajstić information content (AvgIpc) is 3.14. The van der Waals surface area contributed by atoms with E-state index < -0.39 is 0 Å². The summed E-state index contributed by atoms with van der Waals surface area (Å²) >= 11 is 0. The molecule has 8 N–H and O–H groups in total. The molecular formula is C21H34N8. The normalized spacial score (nSPS) is 37.8. The molecule has 0 bridgehead atoms. The third-order valence-electron chi connectivity index (χ3n) is 7.79. The van der Waals surface area contributed by atoms with Crippen LogP contribution < -0.4 is 22.9 Å². The van der Waals surface area contributed by atoms with E-state index in [-0.39, 0.29) is 11.9 Å². The predicted molar refractivity (Wildman–Crippen MR) is 118 cm³/mol. The molecule has 4 aliphatic rings. The first-order valence-electron chi connectivity index (χ1n) is 10.9. The van der Waals surface area contributed by atoms with Crippen molar-refractivity contribution in [1.82, 2.24) is 0 Å². The number of allylic oxidation sites excluding steroid dienone is 2. The fourth-order valence-corrected chi connectivity index (χ4v) is 6.78. The van der Waals surface area contributed by atoms with Gasteiger partial charge in [-0.2, -0.15) is 10.2 Å². The first kappa shape index (κ1) is 19.9. The number of guanidine groups is 2. The Balaban J connectivity index is 1.48. The van der Waals surface area contributed by atoms with Gasteiger partial charge >= 0.3 is 0 Å². The fraction of sp³-hybridized carbons (Fsp3) is 0.714. The topological polar surface area (TPSA) is 154 Å². The molecule has 0 aromatic heterocycles. The molecule has 0 amide bonds. The summed E-state index contributed by atoms with van der Waals surface area (Å²) < 4.78 is 0. The second kappa shape index (κ2) is 8.16. The van der Waals surface area contributed by atoms with Crippen molar-refractivity contribution < 1.29 is 0 Å². The third-order valence-corrected chi connectivity index (χ3v) is 7.79. The highest BCUT2D eigenvalue weighted by Gasteiger charge is 2.50. The summed E-state index contributed by atoms with van der Waals surface area (Å²) in [7, 11) is 0. The average molecular weight is 399 g/mol. The summed E-state index contributed by atoms with van der Waals surface area (Å²) in [5, 5.41) is 16.3. The summed E-state index contributed by atoms with van der Waals surface area (Å²) in [6.07, 6.45) is 12.0. The van der Waals surface area contributed by atoms with Crippen LogP contribution in [0.4, 0.5) is 0 Å². The van der Waals surface area contributed by atoms with Gasteiger partial charge in [0, 0.05) is 11.6 Å². The van der Waals surface area contributed by atoms with Crippen LogP contribution in [0, 0.1) is 35.5 Å². The maximum Gasteiger partial charge on any atom is 0.211 e. The maximum atomic E-state index is 5.45. The van der Waals surface area contributed by atoms with Crippen molar-refractivity contribution in [2.24, 2.45) is 78.8 Å². The Kier molecular flexibility index (Phi) is 5.61. The van der Waals surface area contributed by atoms with Gasteiger partial charge in [-0.15, -0.1) is 10.2 Å². The lowest BCUT2D eigenvalue weighted by Crippen LogP contribution is -2.42. The Labute approximate surface area is 172 Å². The SMILES string of the molecule is C/C(=N\N=C(N)N)C1CCC2C1CCC1C3CC/C(=N/N=C(N)N)C=C3CCC12. The molecule has 4 rings (SSSR count). The molecule has 0 heterocycles. The Bertz CT molecular complexity index is 785. The zero-order valence-electron chi connectivity index (χ0n) is 17.3. The van der Waals surface area contributed by atoms with Crippen LogP contribution in [0.3, 0.4) is 0 Å². The van der Waals surface area contributed by atoms with Crippen LogP contribution in [0.5, 0.6) is 0 Å². The van der Waals surface area contributed by atoms with Crippen LogP contribution in [0.15, 0.2) is 32.1 Å². The van der Waals surface area contributed by atoms with Crippen LogP contribution in [-0.4, -0.2) is 23.3 Å². The van der Waals surface area contributed by atoms with E-state index in [4.69, 9.17) is 22.9 Å². The van der Waals surface area contributed by atoms with E-state index in [0.717, 1.165) is 41.5 Å². The van der Waals surface area contributed by atoms with Crippen molar-refractivity contribution in [2.45, 2.75) is 58.3 Å². The van der Waals surface area contributed by atoms with Gasteiger partial charge in [0.1, 0.15) is 0 Å². The predicted octanol–water partition coefficient (Wildman–Crippen LogP) is 2.06. The van der Waals surface area contributed by atoms with Gasteiger partial charge in [-0.25, -0.2) is 0 Å². The van der Waals surface area contributed by atoms with Gasteiger partial charge < -0.3 is 22.9 Å². The molecule has 0 spiro atoms. The van der Waals surface area contributed by atoms with E-state index >= 15 is 0 Å². The van der Waals surface area contributed by atoms with E-state index in [1.54, 1.807) is 5.57 Å². The fourth-order valence-electron chi connectivity index (χ4n) is 6.78. The first-order chi connectivity index (χ1) is 13.9. The molecule has 0 radical (unpaired) electrons. The van der Waals surface area contributed by atoms with Gasteiger partial charge in [-0.05, 0) is 94.0 Å². The number of nitrogens with zero attached hydrogens (tertiary/aromatic N) is 4. The Morgan fingerprint density at radius 1 is 0.759 bits per heavy atom. The van der Waals surface area contributed by atoms with Crippen molar-refractivity contribution >= 4 is 23.3 Å². The minimum Gasteiger partial charge on any atom is -0.369 e. The molecule has 3 fully saturated rings. The van der Waals surface area contributed by atoms with Crippen molar-refractivity contribution in [1.29, 1.82) is 0 Å². The highest BCUT2D eigenvalue weighted by atomic mass is 15.3. The minimum absolute atomic E-state index is 0.0227. The maximum absolute atomic E-state index is 5.45. The van der Waals surface area contributed by atoms with Crippen molar-refractivity contribution in [2.75, 3.05) is 0 Å². The van der Waals surface area contributed by atoms with E-state index in [2.05, 4.69) is 33.4 Å².